The summed E-state index contributed by atoms with van der Waals surface area (Å²) >= 11 is 3.29. The second-order valence-electron chi connectivity index (χ2n) is 5.61. The number of ether oxygens (including phenoxy) is 2. The van der Waals surface area contributed by atoms with Crippen LogP contribution in [0.2, 0.25) is 0 Å². The summed E-state index contributed by atoms with van der Waals surface area (Å²) in [5.41, 5.74) is 0.505. The van der Waals surface area contributed by atoms with E-state index in [9.17, 15) is 14.4 Å². The van der Waals surface area contributed by atoms with Gasteiger partial charge in [-0.15, -0.1) is 0 Å². The van der Waals surface area contributed by atoms with Crippen molar-refractivity contribution in [2.75, 3.05) is 26.3 Å². The van der Waals surface area contributed by atoms with Crippen LogP contribution in [0.15, 0.2) is 28.7 Å². The predicted octanol–water partition coefficient (Wildman–Crippen LogP) is 1.41. The van der Waals surface area contributed by atoms with E-state index in [1.165, 1.54) is 0 Å². The summed E-state index contributed by atoms with van der Waals surface area (Å²) in [5, 5.41) is 5.29. The molecule has 1 aliphatic rings. The summed E-state index contributed by atoms with van der Waals surface area (Å²) < 4.78 is 11.1. The zero-order chi connectivity index (χ0) is 18.1. The molecule has 0 unspecified atom stereocenters. The standard InChI is InChI=1S/C17H21BrN2O5/c18-13-5-3-12(4-6-13)17(23)19-8-7-16(22)25-11-15(21)20-10-14-2-1-9-24-14/h3-6,14H,1-2,7-11H2,(H,19,23)(H,20,21)/t14-/m0/s1. The second-order valence-corrected chi connectivity index (χ2v) is 6.53. The van der Waals surface area contributed by atoms with E-state index in [-0.39, 0.29) is 37.5 Å². The summed E-state index contributed by atoms with van der Waals surface area (Å²) in [6.45, 7) is 0.971. The van der Waals surface area contributed by atoms with E-state index in [0.29, 0.717) is 12.1 Å². The van der Waals surface area contributed by atoms with Crippen molar-refractivity contribution in [1.82, 2.24) is 10.6 Å². The average Bonchev–Trinajstić information content (AvgIpc) is 3.12. The van der Waals surface area contributed by atoms with E-state index in [0.717, 1.165) is 23.9 Å². The zero-order valence-electron chi connectivity index (χ0n) is 13.8. The lowest BCUT2D eigenvalue weighted by molar-refractivity contribution is -0.148. The van der Waals surface area contributed by atoms with Crippen LogP contribution >= 0.6 is 15.9 Å². The molecule has 1 atom stereocenters. The molecule has 0 spiro atoms. The van der Waals surface area contributed by atoms with E-state index in [1.54, 1.807) is 24.3 Å². The van der Waals surface area contributed by atoms with Crippen molar-refractivity contribution in [2.45, 2.75) is 25.4 Å². The highest BCUT2D eigenvalue weighted by atomic mass is 79.9. The molecule has 1 fully saturated rings. The Morgan fingerprint density at radius 2 is 1.96 bits per heavy atom. The van der Waals surface area contributed by atoms with Gasteiger partial charge in [0.05, 0.1) is 12.5 Å². The van der Waals surface area contributed by atoms with Crippen LogP contribution in [0.3, 0.4) is 0 Å². The molecule has 136 valence electrons. The van der Waals surface area contributed by atoms with Gasteiger partial charge in [-0.3, -0.25) is 14.4 Å². The van der Waals surface area contributed by atoms with Gasteiger partial charge in [0.1, 0.15) is 0 Å². The molecule has 1 aromatic rings. The Bertz CT molecular complexity index is 600. The van der Waals surface area contributed by atoms with E-state index in [4.69, 9.17) is 9.47 Å². The predicted molar refractivity (Wildman–Crippen MR) is 94.0 cm³/mol. The molecule has 25 heavy (non-hydrogen) atoms. The number of hydrogen-bond donors (Lipinski definition) is 2. The quantitative estimate of drug-likeness (QED) is 0.629. The number of carbonyl (C=O) groups is 3. The molecule has 1 aliphatic heterocycles. The third-order valence-electron chi connectivity index (χ3n) is 3.64. The molecule has 0 bridgehead atoms. The van der Waals surface area contributed by atoms with Gasteiger partial charge in [-0.05, 0) is 37.1 Å². The van der Waals surface area contributed by atoms with Crippen molar-refractivity contribution in [2.24, 2.45) is 0 Å². The normalized spacial score (nSPS) is 16.3. The first-order valence-corrected chi connectivity index (χ1v) is 8.91. The van der Waals surface area contributed by atoms with Crippen molar-refractivity contribution in [3.8, 4) is 0 Å². The summed E-state index contributed by atoms with van der Waals surface area (Å²) in [5.74, 6) is -1.17. The van der Waals surface area contributed by atoms with Gasteiger partial charge in [-0.25, -0.2) is 0 Å². The van der Waals surface area contributed by atoms with Gasteiger partial charge in [0.25, 0.3) is 11.8 Å². The monoisotopic (exact) mass is 412 g/mol. The highest BCUT2D eigenvalue weighted by Crippen LogP contribution is 2.11. The first-order chi connectivity index (χ1) is 12.0. The van der Waals surface area contributed by atoms with E-state index in [2.05, 4.69) is 26.6 Å². The molecule has 1 aromatic carbocycles. The minimum Gasteiger partial charge on any atom is -0.456 e. The van der Waals surface area contributed by atoms with Crippen LogP contribution < -0.4 is 10.6 Å². The lowest BCUT2D eigenvalue weighted by Gasteiger charge is -2.11. The Labute approximate surface area is 154 Å². The molecule has 2 rings (SSSR count). The Balaban J connectivity index is 1.56. The fraction of sp³-hybridized carbons (Fsp3) is 0.471. The van der Waals surface area contributed by atoms with Crippen LogP contribution in [0.25, 0.3) is 0 Å². The van der Waals surface area contributed by atoms with Gasteiger partial charge in [-0.2, -0.15) is 0 Å². The molecule has 8 heteroatoms. The Morgan fingerprint density at radius 1 is 1.20 bits per heavy atom. The third kappa shape index (κ3) is 7.23. The summed E-state index contributed by atoms with van der Waals surface area (Å²) in [4.78, 5) is 35.0. The van der Waals surface area contributed by atoms with Crippen LogP contribution in [0.4, 0.5) is 0 Å². The number of halogens is 1. The Hall–Kier alpha value is -1.93. The van der Waals surface area contributed by atoms with Gasteiger partial charge in [0.15, 0.2) is 6.61 Å². The molecule has 2 amide bonds. The van der Waals surface area contributed by atoms with Crippen molar-refractivity contribution in [3.63, 3.8) is 0 Å². The molecule has 1 saturated heterocycles. The molecule has 0 aromatic heterocycles. The maximum Gasteiger partial charge on any atom is 0.308 e. The maximum absolute atomic E-state index is 11.9. The third-order valence-corrected chi connectivity index (χ3v) is 4.16. The fourth-order valence-corrected chi connectivity index (χ4v) is 2.55. The number of hydrogen-bond acceptors (Lipinski definition) is 5. The van der Waals surface area contributed by atoms with E-state index < -0.39 is 5.97 Å². The van der Waals surface area contributed by atoms with E-state index in [1.807, 2.05) is 0 Å². The zero-order valence-corrected chi connectivity index (χ0v) is 15.3. The van der Waals surface area contributed by atoms with Crippen LogP contribution in [0.5, 0.6) is 0 Å². The van der Waals surface area contributed by atoms with Crippen LogP contribution in [-0.2, 0) is 19.1 Å². The van der Waals surface area contributed by atoms with Gasteiger partial charge in [0, 0.05) is 29.7 Å². The van der Waals surface area contributed by atoms with Gasteiger partial charge < -0.3 is 20.1 Å². The summed E-state index contributed by atoms with van der Waals surface area (Å²) in [7, 11) is 0. The highest BCUT2D eigenvalue weighted by Gasteiger charge is 2.16. The largest absolute Gasteiger partial charge is 0.456 e. The molecule has 2 N–H and O–H groups in total. The first-order valence-electron chi connectivity index (χ1n) is 8.12. The van der Waals surface area contributed by atoms with Gasteiger partial charge in [-0.1, -0.05) is 15.9 Å². The molecule has 1 heterocycles. The van der Waals surface area contributed by atoms with E-state index >= 15 is 0 Å². The average molecular weight is 413 g/mol. The molecular weight excluding hydrogens is 392 g/mol. The second kappa shape index (κ2) is 10.1. The molecule has 0 saturated carbocycles. The maximum atomic E-state index is 11.9. The van der Waals surface area contributed by atoms with Crippen molar-refractivity contribution < 1.29 is 23.9 Å². The topological polar surface area (TPSA) is 93.7 Å². The number of benzene rings is 1. The fourth-order valence-electron chi connectivity index (χ4n) is 2.28. The lowest BCUT2D eigenvalue weighted by Crippen LogP contribution is -2.35. The lowest BCUT2D eigenvalue weighted by atomic mass is 10.2. The molecule has 0 radical (unpaired) electrons. The number of rotatable bonds is 8. The molecule has 7 nitrogen and oxygen atoms in total. The minimum absolute atomic E-state index is 0.00127. The van der Waals surface area contributed by atoms with Gasteiger partial charge in [0.2, 0.25) is 0 Å². The molecular formula is C17H21BrN2O5. The first kappa shape index (κ1) is 19.4. The Kier molecular flexibility index (Phi) is 7.87. The molecule has 0 aliphatic carbocycles. The summed E-state index contributed by atoms with van der Waals surface area (Å²) in [6, 6.07) is 6.88. The van der Waals surface area contributed by atoms with Crippen molar-refractivity contribution in [3.05, 3.63) is 34.3 Å². The summed E-state index contributed by atoms with van der Waals surface area (Å²) in [6.07, 6.45) is 1.98. The number of amides is 2. The number of carbonyl (C=O) groups excluding carboxylic acids is 3. The number of nitrogens with one attached hydrogen (secondary N) is 2. The van der Waals surface area contributed by atoms with Crippen molar-refractivity contribution >= 4 is 33.7 Å². The highest BCUT2D eigenvalue weighted by molar-refractivity contribution is 9.10. The van der Waals surface area contributed by atoms with Crippen LogP contribution in [-0.4, -0.2) is 50.2 Å². The SMILES string of the molecule is O=C(COC(=O)CCNC(=O)c1ccc(Br)cc1)NC[C@@H]1CCCO1. The van der Waals surface area contributed by atoms with Gasteiger partial charge >= 0.3 is 5.97 Å². The van der Waals surface area contributed by atoms with Crippen molar-refractivity contribution in [1.29, 1.82) is 0 Å². The minimum atomic E-state index is -0.539. The van der Waals surface area contributed by atoms with Crippen LogP contribution in [0, 0.1) is 0 Å². The Morgan fingerprint density at radius 3 is 2.64 bits per heavy atom. The van der Waals surface area contributed by atoms with Crippen LogP contribution in [0.1, 0.15) is 29.6 Å². The number of esters is 1. The smallest absolute Gasteiger partial charge is 0.308 e.